The molecule has 8 nitrogen and oxygen atoms in total. The van der Waals surface area contributed by atoms with Crippen LogP contribution in [0.15, 0.2) is 60.8 Å². The Labute approximate surface area is 255 Å². The zero-order valence-electron chi connectivity index (χ0n) is 25.1. The molecule has 1 N–H and O–H groups in total. The minimum absolute atomic E-state index is 0.0341. The number of anilines is 1. The quantitative estimate of drug-likeness (QED) is 0.224. The molecule has 0 radical (unpaired) electrons. The monoisotopic (exact) mass is 600 g/mol. The molecule has 1 aliphatic rings. The largest absolute Gasteiger partial charge is 0.466 e. The number of nitrogens with one attached hydrogen (secondary N) is 1. The molecule has 228 valence electrons. The van der Waals surface area contributed by atoms with E-state index in [4.69, 9.17) is 14.2 Å². The topological polar surface area (TPSA) is 96.7 Å². The van der Waals surface area contributed by atoms with E-state index in [1.54, 1.807) is 18.3 Å². The molecule has 0 unspecified atom stereocenters. The third-order valence-corrected chi connectivity index (χ3v) is 7.31. The van der Waals surface area contributed by atoms with Gasteiger partial charge in [-0.3, -0.25) is 4.98 Å². The van der Waals surface area contributed by atoms with Crippen molar-refractivity contribution in [2.75, 3.05) is 31.9 Å². The fourth-order valence-corrected chi connectivity index (χ4v) is 5.45. The number of fused-ring (bicyclic) bond motifs is 1. The van der Waals surface area contributed by atoms with Gasteiger partial charge in [0.25, 0.3) is 0 Å². The maximum Gasteiger partial charge on any atom is 0.407 e. The summed E-state index contributed by atoms with van der Waals surface area (Å²) in [5, 5.41) is 13.5. The van der Waals surface area contributed by atoms with E-state index in [-0.39, 0.29) is 12.8 Å². The van der Waals surface area contributed by atoms with Crippen LogP contribution in [0.25, 0.3) is 33.2 Å². The molecule has 10 heteroatoms. The number of rotatable bonds is 7. The Kier molecular flexibility index (Phi) is 8.97. The van der Waals surface area contributed by atoms with Crippen molar-refractivity contribution in [2.24, 2.45) is 0 Å². The van der Waals surface area contributed by atoms with Crippen molar-refractivity contribution in [2.45, 2.75) is 45.3 Å². The minimum atomic E-state index is -0.687. The van der Waals surface area contributed by atoms with Crippen LogP contribution in [-0.4, -0.2) is 49.7 Å². The molecule has 0 saturated carbocycles. The average molecular weight is 601 g/mol. The van der Waals surface area contributed by atoms with Crippen LogP contribution in [0, 0.1) is 23.0 Å². The number of halogens is 2. The van der Waals surface area contributed by atoms with Gasteiger partial charge in [0.05, 0.1) is 16.8 Å². The van der Waals surface area contributed by atoms with E-state index in [1.807, 2.05) is 45.0 Å². The molecule has 1 aliphatic heterocycles. The third-order valence-electron chi connectivity index (χ3n) is 7.31. The Morgan fingerprint density at radius 3 is 2.43 bits per heavy atom. The molecule has 0 bridgehead atoms. The number of aromatic nitrogens is 1. The molecular weight excluding hydrogens is 566 g/mol. The van der Waals surface area contributed by atoms with Crippen LogP contribution in [0.5, 0.6) is 5.75 Å². The summed E-state index contributed by atoms with van der Waals surface area (Å²) in [6.45, 7) is 6.56. The molecule has 0 aliphatic carbocycles. The van der Waals surface area contributed by atoms with Crippen molar-refractivity contribution in [1.29, 1.82) is 5.26 Å². The van der Waals surface area contributed by atoms with Crippen molar-refractivity contribution in [3.05, 3.63) is 78.0 Å². The number of carbonyl (C=O) groups excluding carboxylic acids is 1. The van der Waals surface area contributed by atoms with Gasteiger partial charge in [-0.2, -0.15) is 5.26 Å². The van der Waals surface area contributed by atoms with Crippen molar-refractivity contribution >= 4 is 22.7 Å². The Morgan fingerprint density at radius 2 is 1.77 bits per heavy atom. The van der Waals surface area contributed by atoms with Gasteiger partial charge < -0.3 is 24.4 Å². The highest BCUT2D eigenvalue weighted by Crippen LogP contribution is 2.41. The number of amides is 1. The van der Waals surface area contributed by atoms with Gasteiger partial charge in [0.1, 0.15) is 29.1 Å². The molecule has 3 aromatic carbocycles. The van der Waals surface area contributed by atoms with E-state index in [9.17, 15) is 18.8 Å². The lowest BCUT2D eigenvalue weighted by molar-refractivity contribution is 0.0496. The maximum atomic E-state index is 14.4. The molecular formula is C34H34F2N4O4. The second kappa shape index (κ2) is 12.9. The third kappa shape index (κ3) is 6.90. The highest BCUT2D eigenvalue weighted by Gasteiger charge is 2.27. The summed E-state index contributed by atoms with van der Waals surface area (Å²) in [5.74, 6) is -0.982. The molecule has 1 fully saturated rings. The summed E-state index contributed by atoms with van der Waals surface area (Å²) in [5.41, 5.74) is 3.62. The van der Waals surface area contributed by atoms with Crippen LogP contribution < -0.4 is 15.0 Å². The zero-order valence-corrected chi connectivity index (χ0v) is 25.1. The molecule has 0 spiro atoms. The summed E-state index contributed by atoms with van der Waals surface area (Å²) in [6, 6.07) is 16.6. The summed E-state index contributed by atoms with van der Waals surface area (Å²) >= 11 is 0. The Hall–Kier alpha value is -4.75. The molecule has 1 amide bonds. The number of nitrogens with zero attached hydrogens (tertiary/aromatic N) is 3. The van der Waals surface area contributed by atoms with Crippen LogP contribution in [-0.2, 0) is 9.47 Å². The molecule has 0 atom stereocenters. The van der Waals surface area contributed by atoms with Crippen molar-refractivity contribution in [3.63, 3.8) is 0 Å². The number of para-hydroxylation sites is 1. The number of carbonyl (C=O) groups is 1. The van der Waals surface area contributed by atoms with Crippen LogP contribution >= 0.6 is 0 Å². The maximum absolute atomic E-state index is 14.4. The number of piperidine rings is 1. The fourth-order valence-electron chi connectivity index (χ4n) is 5.45. The lowest BCUT2D eigenvalue weighted by atomic mass is 9.95. The average Bonchev–Trinajstić information content (AvgIpc) is 2.98. The summed E-state index contributed by atoms with van der Waals surface area (Å²) in [4.78, 5) is 19.2. The van der Waals surface area contributed by atoms with Crippen molar-refractivity contribution in [1.82, 2.24) is 10.3 Å². The summed E-state index contributed by atoms with van der Waals surface area (Å²) < 4.78 is 45.2. The van der Waals surface area contributed by atoms with E-state index < -0.39 is 23.3 Å². The minimum Gasteiger partial charge on any atom is -0.466 e. The van der Waals surface area contributed by atoms with Gasteiger partial charge in [0.15, 0.2) is 6.79 Å². The Balaban J connectivity index is 1.59. The van der Waals surface area contributed by atoms with Gasteiger partial charge in [-0.05, 0) is 75.1 Å². The molecule has 1 saturated heterocycles. The smallest absolute Gasteiger partial charge is 0.407 e. The lowest BCUT2D eigenvalue weighted by Gasteiger charge is -2.36. The first-order valence-corrected chi connectivity index (χ1v) is 14.3. The molecule has 1 aromatic heterocycles. The van der Waals surface area contributed by atoms with Gasteiger partial charge in [-0.25, -0.2) is 13.6 Å². The molecule has 4 aromatic rings. The van der Waals surface area contributed by atoms with Gasteiger partial charge >= 0.3 is 6.09 Å². The van der Waals surface area contributed by atoms with E-state index >= 15 is 0 Å². The first-order valence-electron chi connectivity index (χ1n) is 14.3. The molecule has 44 heavy (non-hydrogen) atoms. The van der Waals surface area contributed by atoms with Crippen LogP contribution in [0.4, 0.5) is 19.3 Å². The van der Waals surface area contributed by atoms with Crippen LogP contribution in [0.3, 0.4) is 0 Å². The number of nitriles is 1. The van der Waals surface area contributed by atoms with Gasteiger partial charge in [0.2, 0.25) is 0 Å². The Morgan fingerprint density at radius 1 is 1.05 bits per heavy atom. The molecule has 2 heterocycles. The van der Waals surface area contributed by atoms with Gasteiger partial charge in [0, 0.05) is 55.0 Å². The van der Waals surface area contributed by atoms with Gasteiger partial charge in [-0.15, -0.1) is 0 Å². The molecule has 5 rings (SSSR count). The zero-order chi connectivity index (χ0) is 31.4. The lowest BCUT2D eigenvalue weighted by Crippen LogP contribution is -2.46. The normalized spacial score (nSPS) is 13.9. The first kappa shape index (κ1) is 30.7. The van der Waals surface area contributed by atoms with Crippen LogP contribution in [0.1, 0.15) is 39.2 Å². The number of methoxy groups -OCH3 is 1. The van der Waals surface area contributed by atoms with Crippen molar-refractivity contribution in [3.8, 4) is 34.1 Å². The summed E-state index contributed by atoms with van der Waals surface area (Å²) in [7, 11) is 1.51. The number of alkyl carbamates (subject to hydrolysis) is 1. The first-order chi connectivity index (χ1) is 21.1. The standard InChI is InChI=1S/C34H34F2N4O4/c1-34(2,3)44-33(41)39-26-10-12-40(13-11-26)31-28-16-21(27-7-5-6-22(18-37)32(27)43-20-42-4)8-9-30(28)38-19-29(31)23-14-24(35)17-25(36)15-23/h5-9,14-17,19,26H,10-13,20H2,1-4H3,(H,39,41). The number of benzene rings is 3. The van der Waals surface area contributed by atoms with Crippen LogP contribution in [0.2, 0.25) is 0 Å². The number of hydrogen-bond donors (Lipinski definition) is 1. The number of ether oxygens (including phenoxy) is 3. The predicted molar refractivity (Wildman–Crippen MR) is 164 cm³/mol. The fraction of sp³-hybridized carbons (Fsp3) is 0.324. The highest BCUT2D eigenvalue weighted by molar-refractivity contribution is 6.02. The number of hydrogen-bond acceptors (Lipinski definition) is 7. The predicted octanol–water partition coefficient (Wildman–Crippen LogP) is 7.19. The second-order valence-corrected chi connectivity index (χ2v) is 11.7. The SMILES string of the molecule is COCOc1c(C#N)cccc1-c1ccc2ncc(-c3cc(F)cc(F)c3)c(N3CCC(NC(=O)OC(C)(C)C)CC3)c2c1. The van der Waals surface area contributed by atoms with Gasteiger partial charge in [-0.1, -0.05) is 18.2 Å². The second-order valence-electron chi connectivity index (χ2n) is 11.7. The number of pyridine rings is 1. The van der Waals surface area contributed by atoms with E-state index in [0.717, 1.165) is 22.7 Å². The van der Waals surface area contributed by atoms with E-state index in [2.05, 4.69) is 21.3 Å². The van der Waals surface area contributed by atoms with Crippen molar-refractivity contribution < 1.29 is 27.8 Å². The highest BCUT2D eigenvalue weighted by atomic mass is 19.1. The Bertz CT molecular complexity index is 1700. The summed E-state index contributed by atoms with van der Waals surface area (Å²) in [6.07, 6.45) is 2.45. The van der Waals surface area contributed by atoms with E-state index in [0.29, 0.717) is 59.5 Å². The van der Waals surface area contributed by atoms with E-state index in [1.165, 1.54) is 19.2 Å².